The summed E-state index contributed by atoms with van der Waals surface area (Å²) in [6.07, 6.45) is 5.72. The van der Waals surface area contributed by atoms with Crippen LogP contribution in [0.15, 0.2) is 24.3 Å². The average Bonchev–Trinajstić information content (AvgIpc) is 2.86. The van der Waals surface area contributed by atoms with Crippen molar-refractivity contribution in [1.82, 2.24) is 0 Å². The van der Waals surface area contributed by atoms with Gasteiger partial charge in [-0.1, -0.05) is 24.3 Å². The summed E-state index contributed by atoms with van der Waals surface area (Å²) in [6, 6.07) is 9.01. The molecule has 1 fully saturated rings. The van der Waals surface area contributed by atoms with E-state index in [0.717, 1.165) is 11.8 Å². The number of aryl methyl sites for hydroxylation is 1. The highest BCUT2D eigenvalue weighted by molar-refractivity contribution is 5.36. The molecule has 0 aromatic heterocycles. The highest BCUT2D eigenvalue weighted by Crippen LogP contribution is 2.48. The third-order valence-corrected chi connectivity index (χ3v) is 3.37. The molecule has 1 aromatic carbocycles. The van der Waals surface area contributed by atoms with E-state index >= 15 is 0 Å². The molecule has 0 spiro atoms. The molecule has 0 radical (unpaired) electrons. The Kier molecular flexibility index (Phi) is 1.31. The van der Waals surface area contributed by atoms with Crippen molar-refractivity contribution in [2.75, 3.05) is 0 Å². The second-order valence-corrected chi connectivity index (χ2v) is 4.18. The molecule has 0 heteroatoms. The maximum Gasteiger partial charge on any atom is -0.0128 e. The Morgan fingerprint density at radius 1 is 1.00 bits per heavy atom. The standard InChI is InChI=1S/C12H14/c1-2-4-11-9(3-1)7-8-12(11)10-5-6-10/h1-4,10,12H,5-8H2. The molecule has 2 aliphatic carbocycles. The van der Waals surface area contributed by atoms with Gasteiger partial charge in [0, 0.05) is 0 Å². The normalized spacial score (nSPS) is 27.2. The van der Waals surface area contributed by atoms with Crippen molar-refractivity contribution < 1.29 is 0 Å². The molecule has 1 saturated carbocycles. The summed E-state index contributed by atoms with van der Waals surface area (Å²) in [6.45, 7) is 0. The zero-order valence-corrected chi connectivity index (χ0v) is 7.29. The number of benzene rings is 1. The molecular weight excluding hydrogens is 144 g/mol. The van der Waals surface area contributed by atoms with Gasteiger partial charge in [0.1, 0.15) is 0 Å². The number of rotatable bonds is 1. The second-order valence-electron chi connectivity index (χ2n) is 4.18. The zero-order chi connectivity index (χ0) is 7.97. The fourth-order valence-electron chi connectivity index (χ4n) is 2.58. The predicted octanol–water partition coefficient (Wildman–Crippen LogP) is 3.13. The van der Waals surface area contributed by atoms with Gasteiger partial charge in [-0.15, -0.1) is 0 Å². The second kappa shape index (κ2) is 2.35. The van der Waals surface area contributed by atoms with E-state index in [0.29, 0.717) is 0 Å². The van der Waals surface area contributed by atoms with Crippen molar-refractivity contribution in [3.8, 4) is 0 Å². The Balaban J connectivity index is 2.01. The Labute approximate surface area is 73.6 Å². The Hall–Kier alpha value is -0.780. The fourth-order valence-corrected chi connectivity index (χ4v) is 2.58. The lowest BCUT2D eigenvalue weighted by Crippen LogP contribution is -1.94. The molecule has 2 aliphatic rings. The van der Waals surface area contributed by atoms with Crippen LogP contribution in [-0.2, 0) is 6.42 Å². The maximum atomic E-state index is 2.34. The van der Waals surface area contributed by atoms with Crippen LogP contribution in [0.25, 0.3) is 0 Å². The summed E-state index contributed by atoms with van der Waals surface area (Å²) in [5.41, 5.74) is 3.29. The van der Waals surface area contributed by atoms with Gasteiger partial charge in [-0.3, -0.25) is 0 Å². The Morgan fingerprint density at radius 2 is 1.83 bits per heavy atom. The molecule has 0 nitrogen and oxygen atoms in total. The van der Waals surface area contributed by atoms with E-state index in [1.165, 1.54) is 25.7 Å². The lowest BCUT2D eigenvalue weighted by molar-refractivity contribution is 0.600. The van der Waals surface area contributed by atoms with Crippen molar-refractivity contribution >= 4 is 0 Å². The first kappa shape index (κ1) is 6.71. The fraction of sp³-hybridized carbons (Fsp3) is 0.500. The SMILES string of the molecule is c1ccc2c(c1)CCC2C1CC1. The molecule has 1 atom stereocenters. The molecule has 3 rings (SSSR count). The Morgan fingerprint density at radius 3 is 2.67 bits per heavy atom. The van der Waals surface area contributed by atoms with Crippen LogP contribution in [0, 0.1) is 5.92 Å². The van der Waals surface area contributed by atoms with Crippen molar-refractivity contribution in [2.45, 2.75) is 31.6 Å². The van der Waals surface area contributed by atoms with E-state index in [1.54, 1.807) is 11.1 Å². The van der Waals surface area contributed by atoms with E-state index in [-0.39, 0.29) is 0 Å². The van der Waals surface area contributed by atoms with Crippen LogP contribution in [0.4, 0.5) is 0 Å². The van der Waals surface area contributed by atoms with Gasteiger partial charge in [0.15, 0.2) is 0 Å². The maximum absolute atomic E-state index is 2.34. The number of hydrogen-bond donors (Lipinski definition) is 0. The first-order chi connectivity index (χ1) is 5.95. The molecule has 0 heterocycles. The monoisotopic (exact) mass is 158 g/mol. The molecule has 0 N–H and O–H groups in total. The summed E-state index contributed by atoms with van der Waals surface area (Å²) in [7, 11) is 0. The highest BCUT2D eigenvalue weighted by atomic mass is 14.4. The average molecular weight is 158 g/mol. The summed E-state index contributed by atoms with van der Waals surface area (Å²) in [5, 5.41) is 0. The van der Waals surface area contributed by atoms with Gasteiger partial charge in [0.05, 0.1) is 0 Å². The first-order valence-corrected chi connectivity index (χ1v) is 5.03. The van der Waals surface area contributed by atoms with Crippen molar-refractivity contribution in [3.05, 3.63) is 35.4 Å². The van der Waals surface area contributed by atoms with Crippen LogP contribution in [0.5, 0.6) is 0 Å². The van der Waals surface area contributed by atoms with Crippen molar-refractivity contribution in [2.24, 2.45) is 5.92 Å². The van der Waals surface area contributed by atoms with E-state index in [4.69, 9.17) is 0 Å². The minimum Gasteiger partial charge on any atom is -0.0620 e. The van der Waals surface area contributed by atoms with E-state index < -0.39 is 0 Å². The van der Waals surface area contributed by atoms with Gasteiger partial charge in [0.2, 0.25) is 0 Å². The van der Waals surface area contributed by atoms with E-state index in [2.05, 4.69) is 24.3 Å². The molecule has 0 bridgehead atoms. The van der Waals surface area contributed by atoms with Gasteiger partial charge in [-0.2, -0.15) is 0 Å². The molecule has 0 aliphatic heterocycles. The third-order valence-electron chi connectivity index (χ3n) is 3.37. The third kappa shape index (κ3) is 0.906. The van der Waals surface area contributed by atoms with E-state index in [9.17, 15) is 0 Å². The smallest absolute Gasteiger partial charge is 0.0128 e. The first-order valence-electron chi connectivity index (χ1n) is 5.03. The minimum atomic E-state index is 0.932. The Bertz CT molecular complexity index is 297. The highest BCUT2D eigenvalue weighted by Gasteiger charge is 2.35. The van der Waals surface area contributed by atoms with Crippen LogP contribution in [0.3, 0.4) is 0 Å². The molecular formula is C12H14. The topological polar surface area (TPSA) is 0 Å². The van der Waals surface area contributed by atoms with Crippen molar-refractivity contribution in [1.29, 1.82) is 0 Å². The summed E-state index contributed by atoms with van der Waals surface area (Å²) in [5.74, 6) is 1.98. The molecule has 62 valence electrons. The van der Waals surface area contributed by atoms with Crippen LogP contribution >= 0.6 is 0 Å². The quantitative estimate of drug-likeness (QED) is 0.589. The molecule has 0 saturated heterocycles. The van der Waals surface area contributed by atoms with Crippen molar-refractivity contribution in [3.63, 3.8) is 0 Å². The molecule has 0 amide bonds. The number of hydrogen-bond acceptors (Lipinski definition) is 0. The van der Waals surface area contributed by atoms with Crippen LogP contribution in [-0.4, -0.2) is 0 Å². The van der Waals surface area contributed by atoms with Crippen LogP contribution in [0.2, 0.25) is 0 Å². The summed E-state index contributed by atoms with van der Waals surface area (Å²) in [4.78, 5) is 0. The lowest BCUT2D eigenvalue weighted by atomic mass is 9.97. The molecule has 12 heavy (non-hydrogen) atoms. The predicted molar refractivity (Wildman–Crippen MR) is 50.2 cm³/mol. The van der Waals surface area contributed by atoms with E-state index in [1.807, 2.05) is 0 Å². The van der Waals surface area contributed by atoms with Gasteiger partial charge < -0.3 is 0 Å². The van der Waals surface area contributed by atoms with Crippen LogP contribution < -0.4 is 0 Å². The largest absolute Gasteiger partial charge is 0.0620 e. The van der Waals surface area contributed by atoms with Gasteiger partial charge in [0.25, 0.3) is 0 Å². The van der Waals surface area contributed by atoms with Gasteiger partial charge >= 0.3 is 0 Å². The molecule has 1 aromatic rings. The minimum absolute atomic E-state index is 0.932. The summed E-state index contributed by atoms with van der Waals surface area (Å²) >= 11 is 0. The van der Waals surface area contributed by atoms with Gasteiger partial charge in [-0.25, -0.2) is 0 Å². The van der Waals surface area contributed by atoms with Gasteiger partial charge in [-0.05, 0) is 48.6 Å². The zero-order valence-electron chi connectivity index (χ0n) is 7.29. The van der Waals surface area contributed by atoms with Crippen LogP contribution in [0.1, 0.15) is 36.3 Å². The molecule has 1 unspecified atom stereocenters. The lowest BCUT2D eigenvalue weighted by Gasteiger charge is -2.08. The summed E-state index contributed by atoms with van der Waals surface area (Å²) < 4.78 is 0. The number of fused-ring (bicyclic) bond motifs is 1.